The Morgan fingerprint density at radius 3 is 2.29 bits per heavy atom. The molecule has 0 saturated heterocycles. The lowest BCUT2D eigenvalue weighted by Gasteiger charge is -2.19. The summed E-state index contributed by atoms with van der Waals surface area (Å²) in [5, 5.41) is 12.1. The zero-order valence-electron chi connectivity index (χ0n) is 20.1. The molecule has 2 heterocycles. The number of anilines is 1. The molecule has 0 spiro atoms. The Morgan fingerprint density at radius 1 is 0.974 bits per heavy atom. The number of aromatic amines is 1. The first-order valence-electron chi connectivity index (χ1n) is 11.9. The zero-order valence-corrected chi connectivity index (χ0v) is 20.1. The first-order valence-corrected chi connectivity index (χ1v) is 11.9. The van der Waals surface area contributed by atoms with Crippen LogP contribution in [0.3, 0.4) is 0 Å². The van der Waals surface area contributed by atoms with Crippen molar-refractivity contribution in [2.24, 2.45) is 4.99 Å². The Hall–Kier alpha value is -5.31. The average molecular weight is 506 g/mol. The highest BCUT2D eigenvalue weighted by Gasteiger charge is 2.32. The summed E-state index contributed by atoms with van der Waals surface area (Å²) in [7, 11) is 0. The smallest absolute Gasteiger partial charge is 0.326 e. The number of aliphatic carboxylic acids is 1. The summed E-state index contributed by atoms with van der Waals surface area (Å²) in [4.78, 5) is 50.8. The van der Waals surface area contributed by atoms with Crippen molar-refractivity contribution in [1.82, 2.24) is 15.3 Å². The molecule has 0 bridgehead atoms. The van der Waals surface area contributed by atoms with Gasteiger partial charge >= 0.3 is 5.97 Å². The number of rotatable bonds is 8. The molecule has 2 amide bonds. The van der Waals surface area contributed by atoms with Crippen molar-refractivity contribution in [3.8, 4) is 0 Å². The van der Waals surface area contributed by atoms with E-state index in [1.165, 1.54) is 17.4 Å². The molecule has 3 aromatic carbocycles. The fourth-order valence-corrected chi connectivity index (χ4v) is 4.06. The van der Waals surface area contributed by atoms with Crippen molar-refractivity contribution >= 4 is 35.4 Å². The summed E-state index contributed by atoms with van der Waals surface area (Å²) >= 11 is 0. The van der Waals surface area contributed by atoms with Crippen molar-refractivity contribution in [3.63, 3.8) is 0 Å². The van der Waals surface area contributed by atoms with Crippen LogP contribution < -0.4 is 10.2 Å². The van der Waals surface area contributed by atoms with Crippen LogP contribution in [0.25, 0.3) is 6.08 Å². The molecule has 9 heteroatoms. The molecule has 0 fully saturated rings. The third-order valence-electron chi connectivity index (χ3n) is 5.97. The molecular formula is C29H23N5O4. The van der Waals surface area contributed by atoms with Gasteiger partial charge in [-0.25, -0.2) is 14.8 Å². The van der Waals surface area contributed by atoms with Crippen molar-refractivity contribution < 1.29 is 19.5 Å². The van der Waals surface area contributed by atoms with Gasteiger partial charge in [0, 0.05) is 29.4 Å². The van der Waals surface area contributed by atoms with Crippen LogP contribution in [0.2, 0.25) is 0 Å². The number of benzene rings is 3. The number of aromatic nitrogens is 2. The highest BCUT2D eigenvalue weighted by Crippen LogP contribution is 2.28. The zero-order chi connectivity index (χ0) is 26.5. The van der Waals surface area contributed by atoms with E-state index < -0.39 is 17.9 Å². The van der Waals surface area contributed by atoms with Gasteiger partial charge in [0.25, 0.3) is 11.8 Å². The molecule has 0 saturated carbocycles. The molecule has 38 heavy (non-hydrogen) atoms. The predicted octanol–water partition coefficient (Wildman–Crippen LogP) is 3.67. The van der Waals surface area contributed by atoms with Gasteiger partial charge in [-0.1, -0.05) is 60.7 Å². The van der Waals surface area contributed by atoms with Crippen molar-refractivity contribution in [2.45, 2.75) is 12.5 Å². The number of carbonyl (C=O) groups excluding carboxylic acids is 2. The molecule has 9 nitrogen and oxygen atoms in total. The summed E-state index contributed by atoms with van der Waals surface area (Å²) in [6.45, 7) is 0. The second-order valence-electron chi connectivity index (χ2n) is 8.57. The summed E-state index contributed by atoms with van der Waals surface area (Å²) in [5.41, 5.74) is 3.28. The molecule has 1 atom stereocenters. The van der Waals surface area contributed by atoms with E-state index in [9.17, 15) is 19.5 Å². The maximum atomic E-state index is 13.5. The summed E-state index contributed by atoms with van der Waals surface area (Å²) in [5.74, 6) is -1.53. The number of imidazole rings is 1. The van der Waals surface area contributed by atoms with Crippen molar-refractivity contribution in [3.05, 3.63) is 126 Å². The number of nitrogens with zero attached hydrogens (tertiary/aromatic N) is 3. The number of amidine groups is 1. The third-order valence-corrected chi connectivity index (χ3v) is 5.97. The van der Waals surface area contributed by atoms with Crippen LogP contribution in [0.1, 0.15) is 27.2 Å². The number of carboxylic acids is 1. The van der Waals surface area contributed by atoms with Gasteiger partial charge in [0.2, 0.25) is 0 Å². The van der Waals surface area contributed by atoms with E-state index in [2.05, 4.69) is 20.3 Å². The first kappa shape index (κ1) is 24.4. The van der Waals surface area contributed by atoms with Crippen molar-refractivity contribution in [2.75, 3.05) is 4.90 Å². The number of carboxylic acid groups (broad SMARTS) is 1. The number of hydrogen-bond donors (Lipinski definition) is 3. The number of carbonyl (C=O) groups is 3. The number of nitrogens with one attached hydrogen (secondary N) is 2. The van der Waals surface area contributed by atoms with E-state index in [-0.39, 0.29) is 17.9 Å². The lowest BCUT2D eigenvalue weighted by molar-refractivity contribution is -0.139. The van der Waals surface area contributed by atoms with Gasteiger partial charge in [0.05, 0.1) is 12.0 Å². The topological polar surface area (TPSA) is 128 Å². The predicted molar refractivity (Wildman–Crippen MR) is 143 cm³/mol. The second kappa shape index (κ2) is 10.8. The van der Waals surface area contributed by atoms with Gasteiger partial charge < -0.3 is 15.4 Å². The molecule has 4 aromatic rings. The van der Waals surface area contributed by atoms with Gasteiger partial charge in [-0.2, -0.15) is 0 Å². The van der Waals surface area contributed by atoms with Crippen LogP contribution in [0.4, 0.5) is 5.69 Å². The molecule has 0 unspecified atom stereocenters. The molecule has 1 aliphatic heterocycles. The lowest BCUT2D eigenvalue weighted by Crippen LogP contribution is -2.42. The maximum Gasteiger partial charge on any atom is 0.326 e. The van der Waals surface area contributed by atoms with Crippen LogP contribution in [-0.2, 0) is 16.0 Å². The SMILES string of the molecule is O=C(N[C@H](Cc1cnc[nH]1)C(=O)O)c1ccc(N2C(=O)/C(=C/c3ccccc3)N=C2c2ccccc2)cc1. The van der Waals surface area contributed by atoms with E-state index in [4.69, 9.17) is 0 Å². The Kier molecular flexibility index (Phi) is 6.90. The van der Waals surface area contributed by atoms with Crippen molar-refractivity contribution in [1.29, 1.82) is 0 Å². The first-order chi connectivity index (χ1) is 18.5. The fourth-order valence-electron chi connectivity index (χ4n) is 4.06. The molecule has 0 radical (unpaired) electrons. The lowest BCUT2D eigenvalue weighted by atomic mass is 10.1. The minimum Gasteiger partial charge on any atom is -0.480 e. The third kappa shape index (κ3) is 5.26. The van der Waals surface area contributed by atoms with Gasteiger partial charge in [-0.05, 0) is 35.9 Å². The largest absolute Gasteiger partial charge is 0.480 e. The minimum atomic E-state index is -1.16. The molecule has 0 aliphatic carbocycles. The van der Waals surface area contributed by atoms with Gasteiger partial charge in [-0.15, -0.1) is 0 Å². The van der Waals surface area contributed by atoms with Crippen LogP contribution in [0, 0.1) is 0 Å². The molecule has 1 aliphatic rings. The highest BCUT2D eigenvalue weighted by atomic mass is 16.4. The fraction of sp³-hybridized carbons (Fsp3) is 0.0690. The van der Waals surface area contributed by atoms with Crippen LogP contribution in [0.5, 0.6) is 0 Å². The molecule has 188 valence electrons. The Balaban J connectivity index is 1.40. The number of H-pyrrole nitrogens is 1. The summed E-state index contributed by atoms with van der Waals surface area (Å²) < 4.78 is 0. The van der Waals surface area contributed by atoms with E-state index in [0.717, 1.165) is 11.1 Å². The molecule has 1 aromatic heterocycles. The second-order valence-corrected chi connectivity index (χ2v) is 8.57. The molecule has 5 rings (SSSR count). The summed E-state index contributed by atoms with van der Waals surface area (Å²) in [6, 6.07) is 24.1. The van der Waals surface area contributed by atoms with Crippen LogP contribution >= 0.6 is 0 Å². The standard InChI is InChI=1S/C29H23N5O4/c35-27(33-25(29(37)38)16-22-17-30-18-31-22)21-11-13-23(14-12-21)34-26(20-9-5-2-6-10-20)32-24(28(34)36)15-19-7-3-1-4-8-19/h1-15,17-18,25H,16H2,(H,30,31)(H,33,35)(H,37,38)/b24-15-/t25-/m1/s1. The van der Waals surface area contributed by atoms with E-state index in [0.29, 0.717) is 22.9 Å². The van der Waals surface area contributed by atoms with Gasteiger partial charge in [-0.3, -0.25) is 14.5 Å². The van der Waals surface area contributed by atoms with Gasteiger partial charge in [0.1, 0.15) is 17.6 Å². The Labute approximate surface area is 218 Å². The average Bonchev–Trinajstić information content (AvgIpc) is 3.57. The summed E-state index contributed by atoms with van der Waals surface area (Å²) in [6.07, 6.45) is 4.76. The minimum absolute atomic E-state index is 0.0643. The maximum absolute atomic E-state index is 13.5. The van der Waals surface area contributed by atoms with E-state index in [1.54, 1.807) is 30.3 Å². The van der Waals surface area contributed by atoms with Crippen LogP contribution in [-0.4, -0.2) is 44.7 Å². The number of hydrogen-bond acceptors (Lipinski definition) is 5. The number of aliphatic imine (C=N–C) groups is 1. The monoisotopic (exact) mass is 505 g/mol. The van der Waals surface area contributed by atoms with Gasteiger partial charge in [0.15, 0.2) is 0 Å². The van der Waals surface area contributed by atoms with E-state index in [1.807, 2.05) is 60.7 Å². The highest BCUT2D eigenvalue weighted by molar-refractivity contribution is 6.33. The van der Waals surface area contributed by atoms with E-state index >= 15 is 0 Å². The van der Waals surface area contributed by atoms with Crippen LogP contribution in [0.15, 0.2) is 108 Å². The Bertz CT molecular complexity index is 1510. The molecular weight excluding hydrogens is 482 g/mol. The Morgan fingerprint density at radius 2 is 1.66 bits per heavy atom. The number of amides is 2. The normalized spacial score (nSPS) is 14.8. The molecule has 3 N–H and O–H groups in total. The quantitative estimate of drug-likeness (QED) is 0.315.